The smallest absolute Gasteiger partial charge is 0.356 e. The van der Waals surface area contributed by atoms with E-state index in [0.717, 1.165) is 16.3 Å². The molecule has 33 heavy (non-hydrogen) atoms. The lowest BCUT2D eigenvalue weighted by Gasteiger charge is -2.10. The van der Waals surface area contributed by atoms with Gasteiger partial charge < -0.3 is 19.9 Å². The number of rotatable bonds is 8. The van der Waals surface area contributed by atoms with Crippen LogP contribution in [0.1, 0.15) is 33.8 Å². The lowest BCUT2D eigenvalue weighted by atomic mass is 10.1. The SMILES string of the molecule is CCOC(=O)c1cc(C(=O)NCCNc2nccc3ccc(-c4noc(C)n4)cc23)nn1C. The van der Waals surface area contributed by atoms with Crippen molar-refractivity contribution in [3.05, 3.63) is 53.8 Å². The van der Waals surface area contributed by atoms with Crippen LogP contribution in [0.5, 0.6) is 0 Å². The Hall–Kier alpha value is -4.28. The third-order valence-electron chi connectivity index (χ3n) is 4.85. The van der Waals surface area contributed by atoms with Gasteiger partial charge in [0, 0.05) is 50.3 Å². The predicted octanol–water partition coefficient (Wildman–Crippen LogP) is 2.35. The molecule has 2 N–H and O–H groups in total. The van der Waals surface area contributed by atoms with Crippen molar-refractivity contribution in [2.24, 2.45) is 7.05 Å². The molecule has 1 amide bonds. The first-order chi connectivity index (χ1) is 16.0. The summed E-state index contributed by atoms with van der Waals surface area (Å²) < 4.78 is 11.4. The second-order valence-corrected chi connectivity index (χ2v) is 7.17. The molecule has 0 saturated carbocycles. The minimum Gasteiger partial charge on any atom is -0.461 e. The minimum atomic E-state index is -0.523. The number of hydrogen-bond donors (Lipinski definition) is 2. The van der Waals surface area contributed by atoms with Crippen LogP contribution >= 0.6 is 0 Å². The summed E-state index contributed by atoms with van der Waals surface area (Å²) in [6.07, 6.45) is 1.71. The van der Waals surface area contributed by atoms with Crippen LogP contribution in [0, 0.1) is 6.92 Å². The van der Waals surface area contributed by atoms with E-state index in [9.17, 15) is 9.59 Å². The number of aromatic nitrogens is 5. The number of hydrogen-bond acceptors (Lipinski definition) is 9. The van der Waals surface area contributed by atoms with Gasteiger partial charge in [0.05, 0.1) is 6.61 Å². The summed E-state index contributed by atoms with van der Waals surface area (Å²) in [5.74, 6) is 0.766. The largest absolute Gasteiger partial charge is 0.461 e. The van der Waals surface area contributed by atoms with Crippen molar-refractivity contribution >= 4 is 28.5 Å². The van der Waals surface area contributed by atoms with E-state index in [2.05, 4.69) is 30.9 Å². The van der Waals surface area contributed by atoms with Gasteiger partial charge in [0.25, 0.3) is 5.91 Å². The van der Waals surface area contributed by atoms with Gasteiger partial charge in [-0.1, -0.05) is 17.3 Å². The second kappa shape index (κ2) is 9.47. The Morgan fingerprint density at radius 1 is 1.18 bits per heavy atom. The number of ether oxygens (including phenoxy) is 1. The molecule has 0 radical (unpaired) electrons. The molecule has 0 fully saturated rings. The van der Waals surface area contributed by atoms with Crippen LogP contribution in [0.15, 0.2) is 41.1 Å². The fraction of sp³-hybridized carbons (Fsp3) is 0.273. The molecule has 11 heteroatoms. The highest BCUT2D eigenvalue weighted by atomic mass is 16.5. The molecule has 0 aliphatic heterocycles. The second-order valence-electron chi connectivity index (χ2n) is 7.17. The van der Waals surface area contributed by atoms with Crippen LogP contribution in [0.4, 0.5) is 5.82 Å². The molecule has 0 aliphatic rings. The molecule has 0 atom stereocenters. The minimum absolute atomic E-state index is 0.142. The van der Waals surface area contributed by atoms with Crippen molar-refractivity contribution in [3.63, 3.8) is 0 Å². The first kappa shape index (κ1) is 21.9. The van der Waals surface area contributed by atoms with Crippen molar-refractivity contribution in [2.75, 3.05) is 25.0 Å². The Bertz CT molecular complexity index is 1310. The van der Waals surface area contributed by atoms with Crippen molar-refractivity contribution in [1.29, 1.82) is 0 Å². The lowest BCUT2D eigenvalue weighted by molar-refractivity contribution is 0.0513. The Morgan fingerprint density at radius 2 is 2.03 bits per heavy atom. The van der Waals surface area contributed by atoms with Gasteiger partial charge >= 0.3 is 5.97 Å². The summed E-state index contributed by atoms with van der Waals surface area (Å²) in [5, 5.41) is 16.0. The van der Waals surface area contributed by atoms with E-state index in [-0.39, 0.29) is 23.9 Å². The molecule has 4 rings (SSSR count). The maximum atomic E-state index is 12.4. The molecule has 1 aromatic carbocycles. The molecule has 3 aromatic heterocycles. The number of nitrogens with zero attached hydrogens (tertiary/aromatic N) is 5. The first-order valence-electron chi connectivity index (χ1n) is 10.4. The summed E-state index contributed by atoms with van der Waals surface area (Å²) in [7, 11) is 1.58. The highest BCUT2D eigenvalue weighted by molar-refractivity contribution is 5.96. The quantitative estimate of drug-likeness (QED) is 0.307. The third kappa shape index (κ3) is 4.81. The van der Waals surface area contributed by atoms with Crippen molar-refractivity contribution in [2.45, 2.75) is 13.8 Å². The van der Waals surface area contributed by atoms with Crippen LogP contribution in [-0.2, 0) is 11.8 Å². The molecule has 170 valence electrons. The normalized spacial score (nSPS) is 10.9. The molecule has 0 aliphatic carbocycles. The van der Waals surface area contributed by atoms with Gasteiger partial charge in [-0.2, -0.15) is 10.1 Å². The van der Waals surface area contributed by atoms with Gasteiger partial charge in [-0.3, -0.25) is 9.48 Å². The fourth-order valence-corrected chi connectivity index (χ4v) is 3.29. The van der Waals surface area contributed by atoms with Crippen molar-refractivity contribution < 1.29 is 18.8 Å². The van der Waals surface area contributed by atoms with E-state index in [1.165, 1.54) is 10.7 Å². The van der Waals surface area contributed by atoms with Crippen LogP contribution in [0.3, 0.4) is 0 Å². The van der Waals surface area contributed by atoms with Gasteiger partial charge in [0.1, 0.15) is 11.5 Å². The van der Waals surface area contributed by atoms with Gasteiger partial charge in [0.2, 0.25) is 11.7 Å². The number of fused-ring (bicyclic) bond motifs is 1. The van der Waals surface area contributed by atoms with Crippen molar-refractivity contribution in [3.8, 4) is 11.4 Å². The number of esters is 1. The molecular formula is C22H23N7O4. The molecule has 0 bridgehead atoms. The molecule has 11 nitrogen and oxygen atoms in total. The zero-order valence-corrected chi connectivity index (χ0v) is 18.5. The number of pyridine rings is 1. The highest BCUT2D eigenvalue weighted by Crippen LogP contribution is 2.26. The number of carbonyl (C=O) groups excluding carboxylic acids is 2. The summed E-state index contributed by atoms with van der Waals surface area (Å²) in [5.41, 5.74) is 1.17. The molecule has 0 saturated heterocycles. The molecular weight excluding hydrogens is 426 g/mol. The molecule has 0 spiro atoms. The number of amides is 1. The van der Waals surface area contributed by atoms with E-state index in [4.69, 9.17) is 9.26 Å². The summed E-state index contributed by atoms with van der Waals surface area (Å²) in [6, 6.07) is 9.16. The zero-order chi connectivity index (χ0) is 23.4. The average molecular weight is 449 g/mol. The number of benzene rings is 1. The number of nitrogens with one attached hydrogen (secondary N) is 2. The van der Waals surface area contributed by atoms with Crippen LogP contribution in [0.25, 0.3) is 22.2 Å². The number of carbonyl (C=O) groups is 2. The van der Waals surface area contributed by atoms with E-state index >= 15 is 0 Å². The van der Waals surface area contributed by atoms with Crippen LogP contribution in [-0.4, -0.2) is 56.5 Å². The van der Waals surface area contributed by atoms with Crippen LogP contribution < -0.4 is 10.6 Å². The first-order valence-corrected chi connectivity index (χ1v) is 10.4. The lowest BCUT2D eigenvalue weighted by Crippen LogP contribution is -2.29. The van der Waals surface area contributed by atoms with E-state index < -0.39 is 5.97 Å². The number of anilines is 1. The molecule has 3 heterocycles. The topological polar surface area (TPSA) is 137 Å². The van der Waals surface area contributed by atoms with Gasteiger partial charge in [0.15, 0.2) is 5.69 Å². The Labute approximate surface area is 189 Å². The van der Waals surface area contributed by atoms with Crippen molar-refractivity contribution in [1.82, 2.24) is 30.2 Å². The summed E-state index contributed by atoms with van der Waals surface area (Å²) in [4.78, 5) is 33.0. The van der Waals surface area contributed by atoms with E-state index in [0.29, 0.717) is 30.6 Å². The van der Waals surface area contributed by atoms with Crippen LogP contribution in [0.2, 0.25) is 0 Å². The Morgan fingerprint density at radius 3 is 2.79 bits per heavy atom. The summed E-state index contributed by atoms with van der Waals surface area (Å²) in [6.45, 7) is 4.46. The third-order valence-corrected chi connectivity index (χ3v) is 4.85. The maximum Gasteiger partial charge on any atom is 0.356 e. The predicted molar refractivity (Wildman–Crippen MR) is 120 cm³/mol. The average Bonchev–Trinajstić information content (AvgIpc) is 3.42. The van der Waals surface area contributed by atoms with E-state index in [1.54, 1.807) is 27.1 Å². The van der Waals surface area contributed by atoms with Gasteiger partial charge in [-0.05, 0) is 24.4 Å². The number of aryl methyl sites for hydroxylation is 2. The highest BCUT2D eigenvalue weighted by Gasteiger charge is 2.18. The Kier molecular flexibility index (Phi) is 6.29. The Balaban J connectivity index is 1.39. The molecule has 0 unspecified atom stereocenters. The summed E-state index contributed by atoms with van der Waals surface area (Å²) >= 11 is 0. The van der Waals surface area contributed by atoms with E-state index in [1.807, 2.05) is 24.3 Å². The standard InChI is InChI=1S/C22H23N7O4/c1-4-32-22(31)18-12-17(27-29(18)3)21(30)25-10-9-24-20-16-11-15(19-26-13(2)33-28-19)6-5-14(16)7-8-23-20/h5-8,11-12H,4,9-10H2,1-3H3,(H,23,24)(H,25,30). The fourth-order valence-electron chi connectivity index (χ4n) is 3.29. The monoisotopic (exact) mass is 449 g/mol. The maximum absolute atomic E-state index is 12.4. The zero-order valence-electron chi connectivity index (χ0n) is 18.5. The molecule has 4 aromatic rings. The van der Waals surface area contributed by atoms with Gasteiger partial charge in [-0.15, -0.1) is 0 Å². The van der Waals surface area contributed by atoms with Gasteiger partial charge in [-0.25, -0.2) is 9.78 Å².